The summed E-state index contributed by atoms with van der Waals surface area (Å²) in [7, 11) is 0. The first-order valence-electron chi connectivity index (χ1n) is 6.00. The molecule has 0 aromatic carbocycles. The molecule has 2 atom stereocenters. The van der Waals surface area contributed by atoms with Gasteiger partial charge in [0.25, 0.3) is 0 Å². The van der Waals surface area contributed by atoms with Gasteiger partial charge in [0, 0.05) is 12.6 Å². The van der Waals surface area contributed by atoms with Gasteiger partial charge in [0.2, 0.25) is 0 Å². The van der Waals surface area contributed by atoms with Crippen molar-refractivity contribution < 1.29 is 9.47 Å². The van der Waals surface area contributed by atoms with Gasteiger partial charge in [0.15, 0.2) is 0 Å². The molecule has 0 heterocycles. The van der Waals surface area contributed by atoms with Gasteiger partial charge in [-0.2, -0.15) is 0 Å². The van der Waals surface area contributed by atoms with Gasteiger partial charge < -0.3 is 14.8 Å². The van der Waals surface area contributed by atoms with Crippen molar-refractivity contribution in [3.63, 3.8) is 0 Å². The van der Waals surface area contributed by atoms with Crippen LogP contribution in [0.4, 0.5) is 0 Å². The predicted molar refractivity (Wildman–Crippen MR) is 64.2 cm³/mol. The molecule has 0 saturated heterocycles. The smallest absolute Gasteiger partial charge is 0.0704 e. The second-order valence-electron chi connectivity index (χ2n) is 4.39. The molecule has 0 aliphatic heterocycles. The van der Waals surface area contributed by atoms with E-state index in [2.05, 4.69) is 39.9 Å². The summed E-state index contributed by atoms with van der Waals surface area (Å²) in [6.07, 6.45) is 0.243. The quantitative estimate of drug-likeness (QED) is 0.600. The summed E-state index contributed by atoms with van der Waals surface area (Å²) in [6.45, 7) is 13.8. The molecule has 15 heavy (non-hydrogen) atoms. The van der Waals surface area contributed by atoms with Crippen LogP contribution in [0.15, 0.2) is 0 Å². The van der Waals surface area contributed by atoms with Crippen molar-refractivity contribution in [2.75, 3.05) is 26.4 Å². The molecule has 0 amide bonds. The molecule has 0 saturated carbocycles. The Hall–Kier alpha value is -0.120. The Morgan fingerprint density at radius 2 is 1.73 bits per heavy atom. The number of ether oxygens (including phenoxy) is 2. The minimum Gasteiger partial charge on any atom is -0.379 e. The lowest BCUT2D eigenvalue weighted by molar-refractivity contribution is -0.00516. The normalized spacial score (nSPS) is 15.6. The van der Waals surface area contributed by atoms with Crippen LogP contribution in [0, 0.1) is 5.92 Å². The van der Waals surface area contributed by atoms with Crippen LogP contribution >= 0.6 is 0 Å². The molecule has 0 aliphatic rings. The highest BCUT2D eigenvalue weighted by molar-refractivity contribution is 4.66. The van der Waals surface area contributed by atoms with Crippen LogP contribution in [0.1, 0.15) is 34.6 Å². The minimum absolute atomic E-state index is 0.243. The lowest BCUT2D eigenvalue weighted by Crippen LogP contribution is -2.37. The Bertz CT molecular complexity index is 140. The third-order valence-electron chi connectivity index (χ3n) is 2.29. The van der Waals surface area contributed by atoms with Crippen molar-refractivity contribution in [1.82, 2.24) is 5.32 Å². The molecule has 2 unspecified atom stereocenters. The topological polar surface area (TPSA) is 30.5 Å². The molecule has 0 rings (SSSR count). The van der Waals surface area contributed by atoms with Crippen LogP contribution in [-0.4, -0.2) is 38.5 Å². The van der Waals surface area contributed by atoms with Crippen LogP contribution in [0.25, 0.3) is 0 Å². The number of rotatable bonds is 9. The fourth-order valence-electron chi connectivity index (χ4n) is 1.24. The van der Waals surface area contributed by atoms with Crippen LogP contribution in [-0.2, 0) is 9.47 Å². The lowest BCUT2D eigenvalue weighted by atomic mass is 10.2. The van der Waals surface area contributed by atoms with Gasteiger partial charge in [-0.1, -0.05) is 20.8 Å². The van der Waals surface area contributed by atoms with Crippen LogP contribution in [0.3, 0.4) is 0 Å². The van der Waals surface area contributed by atoms with Gasteiger partial charge in [-0.25, -0.2) is 0 Å². The van der Waals surface area contributed by atoms with E-state index in [9.17, 15) is 0 Å². The Morgan fingerprint density at radius 1 is 1.07 bits per heavy atom. The maximum atomic E-state index is 5.65. The molecule has 0 radical (unpaired) electrons. The average Bonchev–Trinajstić information content (AvgIpc) is 2.16. The largest absolute Gasteiger partial charge is 0.379 e. The number of likely N-dealkylation sites (N-methyl/N-ethyl adjacent to an activating group) is 1. The summed E-state index contributed by atoms with van der Waals surface area (Å²) in [5.41, 5.74) is 0. The monoisotopic (exact) mass is 217 g/mol. The van der Waals surface area contributed by atoms with E-state index in [1.165, 1.54) is 0 Å². The number of nitrogens with one attached hydrogen (secondary N) is 1. The summed E-state index contributed by atoms with van der Waals surface area (Å²) in [6, 6.07) is 0.403. The number of hydrogen-bond acceptors (Lipinski definition) is 3. The molecule has 1 N–H and O–H groups in total. The highest BCUT2D eigenvalue weighted by atomic mass is 16.5. The van der Waals surface area contributed by atoms with E-state index < -0.39 is 0 Å². The zero-order valence-electron chi connectivity index (χ0n) is 10.9. The SMILES string of the molecule is CCNC(C)C(C)OCCOCC(C)C. The molecule has 0 fully saturated rings. The molecule has 0 spiro atoms. The van der Waals surface area contributed by atoms with Gasteiger partial charge in [0.05, 0.1) is 19.3 Å². The van der Waals surface area contributed by atoms with Crippen LogP contribution < -0.4 is 5.32 Å². The van der Waals surface area contributed by atoms with E-state index in [0.717, 1.165) is 13.2 Å². The van der Waals surface area contributed by atoms with Crippen molar-refractivity contribution in [2.24, 2.45) is 5.92 Å². The summed E-state index contributed by atoms with van der Waals surface area (Å²) < 4.78 is 11.1. The molecule has 0 aliphatic carbocycles. The Labute approximate surface area is 94.5 Å². The first-order valence-corrected chi connectivity index (χ1v) is 6.00. The Kier molecular flexibility index (Phi) is 9.06. The summed E-state index contributed by atoms with van der Waals surface area (Å²) in [4.78, 5) is 0. The van der Waals surface area contributed by atoms with E-state index in [1.807, 2.05) is 0 Å². The summed E-state index contributed by atoms with van der Waals surface area (Å²) in [5.74, 6) is 0.600. The highest BCUT2D eigenvalue weighted by Gasteiger charge is 2.10. The van der Waals surface area contributed by atoms with Crippen LogP contribution in [0.5, 0.6) is 0 Å². The van der Waals surface area contributed by atoms with E-state index in [1.54, 1.807) is 0 Å². The fourth-order valence-corrected chi connectivity index (χ4v) is 1.24. The lowest BCUT2D eigenvalue weighted by Gasteiger charge is -2.21. The average molecular weight is 217 g/mol. The molecule has 92 valence electrons. The van der Waals surface area contributed by atoms with E-state index in [4.69, 9.17) is 9.47 Å². The highest BCUT2D eigenvalue weighted by Crippen LogP contribution is 1.98. The molecule has 0 bridgehead atoms. The summed E-state index contributed by atoms with van der Waals surface area (Å²) >= 11 is 0. The molecule has 3 heteroatoms. The summed E-state index contributed by atoms with van der Waals surface area (Å²) in [5, 5.41) is 3.34. The second-order valence-corrected chi connectivity index (χ2v) is 4.39. The van der Waals surface area contributed by atoms with Gasteiger partial charge in [-0.05, 0) is 26.3 Å². The third-order valence-corrected chi connectivity index (χ3v) is 2.29. The first-order chi connectivity index (χ1) is 7.07. The molecule has 0 aromatic rings. The predicted octanol–water partition coefficient (Wildman–Crippen LogP) is 2.06. The van der Waals surface area contributed by atoms with E-state index in [-0.39, 0.29) is 6.10 Å². The van der Waals surface area contributed by atoms with E-state index in [0.29, 0.717) is 25.2 Å². The number of hydrogen-bond donors (Lipinski definition) is 1. The Balaban J connectivity index is 3.34. The molecular weight excluding hydrogens is 190 g/mol. The third kappa shape index (κ3) is 8.85. The van der Waals surface area contributed by atoms with E-state index >= 15 is 0 Å². The molecular formula is C12H27NO2. The van der Waals surface area contributed by atoms with Gasteiger partial charge >= 0.3 is 0 Å². The molecule has 0 aromatic heterocycles. The zero-order valence-corrected chi connectivity index (χ0v) is 10.9. The van der Waals surface area contributed by atoms with Crippen molar-refractivity contribution in [3.05, 3.63) is 0 Å². The van der Waals surface area contributed by atoms with Crippen molar-refractivity contribution in [2.45, 2.75) is 46.8 Å². The van der Waals surface area contributed by atoms with Gasteiger partial charge in [-0.3, -0.25) is 0 Å². The maximum absolute atomic E-state index is 5.65. The first kappa shape index (κ1) is 14.9. The molecule has 3 nitrogen and oxygen atoms in total. The second kappa shape index (κ2) is 9.13. The Morgan fingerprint density at radius 3 is 2.27 bits per heavy atom. The fraction of sp³-hybridized carbons (Fsp3) is 1.00. The van der Waals surface area contributed by atoms with Gasteiger partial charge in [-0.15, -0.1) is 0 Å². The van der Waals surface area contributed by atoms with Crippen molar-refractivity contribution in [3.8, 4) is 0 Å². The van der Waals surface area contributed by atoms with Crippen molar-refractivity contribution in [1.29, 1.82) is 0 Å². The van der Waals surface area contributed by atoms with Crippen LogP contribution in [0.2, 0.25) is 0 Å². The van der Waals surface area contributed by atoms with Crippen molar-refractivity contribution >= 4 is 0 Å². The van der Waals surface area contributed by atoms with Gasteiger partial charge in [0.1, 0.15) is 0 Å². The minimum atomic E-state index is 0.243. The standard InChI is InChI=1S/C12H27NO2/c1-6-13-11(4)12(5)15-8-7-14-9-10(2)3/h10-13H,6-9H2,1-5H3. The zero-order chi connectivity index (χ0) is 11.7. The maximum Gasteiger partial charge on any atom is 0.0704 e.